The highest BCUT2D eigenvalue weighted by Crippen LogP contribution is 2.63. The summed E-state index contributed by atoms with van der Waals surface area (Å²) in [5.74, 6) is 0.314. The first-order chi connectivity index (χ1) is 14.4. The maximum atomic E-state index is 10.7. The van der Waals surface area contributed by atoms with Gasteiger partial charge in [0.05, 0.1) is 23.8 Å². The fourth-order valence-electron chi connectivity index (χ4n) is 5.38. The van der Waals surface area contributed by atoms with Crippen LogP contribution in [0.25, 0.3) is 11.1 Å². The molecular weight excluding hydrogens is 380 g/mol. The number of hydrogen-bond donors (Lipinski definition) is 2. The first kappa shape index (κ1) is 19.1. The number of hydrogen-bond acceptors (Lipinski definition) is 7. The molecule has 2 aromatic carbocycles. The summed E-state index contributed by atoms with van der Waals surface area (Å²) >= 11 is 0. The highest BCUT2D eigenvalue weighted by molar-refractivity contribution is 5.79. The maximum absolute atomic E-state index is 10.7. The van der Waals surface area contributed by atoms with E-state index in [9.17, 15) is 10.4 Å². The fourth-order valence-corrected chi connectivity index (χ4v) is 5.38. The Labute approximate surface area is 175 Å². The third kappa shape index (κ3) is 2.51. The molecule has 7 heteroatoms. The van der Waals surface area contributed by atoms with Gasteiger partial charge in [-0.2, -0.15) is 5.26 Å². The Hall–Kier alpha value is -2.92. The van der Waals surface area contributed by atoms with Crippen LogP contribution in [0.3, 0.4) is 0 Å². The predicted octanol–water partition coefficient (Wildman–Crippen LogP) is 2.28. The molecule has 3 aliphatic rings. The second-order valence-electron chi connectivity index (χ2n) is 8.47. The number of benzene rings is 2. The second kappa shape index (κ2) is 6.54. The molecule has 3 N–H and O–H groups in total. The van der Waals surface area contributed by atoms with Crippen LogP contribution >= 0.6 is 0 Å². The van der Waals surface area contributed by atoms with Gasteiger partial charge in [0.25, 0.3) is 0 Å². The van der Waals surface area contributed by atoms with Crippen molar-refractivity contribution in [3.8, 4) is 17.2 Å². The molecule has 0 aromatic heterocycles. The molecule has 30 heavy (non-hydrogen) atoms. The lowest BCUT2D eigenvalue weighted by Crippen LogP contribution is -2.42. The Morgan fingerprint density at radius 3 is 2.73 bits per heavy atom. The molecule has 0 bridgehead atoms. The second-order valence-corrected chi connectivity index (χ2v) is 8.47. The summed E-state index contributed by atoms with van der Waals surface area (Å²) in [5.41, 5.74) is 9.34. The van der Waals surface area contributed by atoms with Gasteiger partial charge < -0.3 is 15.6 Å². The molecule has 1 heterocycles. The molecule has 5 rings (SSSR count). The topological polar surface area (TPSA) is 104 Å². The Balaban J connectivity index is 1.66. The van der Waals surface area contributed by atoms with Gasteiger partial charge in [-0.05, 0) is 54.2 Å². The van der Waals surface area contributed by atoms with E-state index in [0.29, 0.717) is 24.4 Å². The standard InChI is InChI=1S/C23H24N4O3/c1-27-21(25)26-23(30-27)18-9-16(15-5-3-4-14(8-15)13-24)6-7-17(18)10-22(23)11-19(28)20(12-22)29-2/h3-9,19-20,28H,10-12H2,1-2H3,(H2,25,26). The SMILES string of the molecule is COC1CC2(Cc3ccc(-c4cccc(C#N)c4)cc3C23N=C(N)N(C)O3)CC1O. The van der Waals surface area contributed by atoms with Crippen LogP contribution in [0.2, 0.25) is 0 Å². The highest BCUT2D eigenvalue weighted by Gasteiger charge is 2.66. The van der Waals surface area contributed by atoms with Crippen molar-refractivity contribution in [2.24, 2.45) is 16.1 Å². The third-order valence-electron chi connectivity index (χ3n) is 6.84. The van der Waals surface area contributed by atoms with Gasteiger partial charge in [0.2, 0.25) is 11.7 Å². The van der Waals surface area contributed by atoms with Gasteiger partial charge >= 0.3 is 0 Å². The maximum Gasteiger partial charge on any atom is 0.220 e. The number of hydroxylamine groups is 2. The number of rotatable bonds is 2. The smallest absolute Gasteiger partial charge is 0.220 e. The summed E-state index contributed by atoms with van der Waals surface area (Å²) in [5, 5.41) is 21.4. The molecule has 4 unspecified atom stereocenters. The number of fused-ring (bicyclic) bond motifs is 3. The van der Waals surface area contributed by atoms with Crippen molar-refractivity contribution in [2.45, 2.75) is 37.2 Å². The fraction of sp³-hybridized carbons (Fsp3) is 0.391. The van der Waals surface area contributed by atoms with Crippen molar-refractivity contribution in [3.05, 3.63) is 59.2 Å². The van der Waals surface area contributed by atoms with E-state index in [0.717, 1.165) is 28.7 Å². The van der Waals surface area contributed by atoms with E-state index in [2.05, 4.69) is 24.3 Å². The van der Waals surface area contributed by atoms with E-state index in [-0.39, 0.29) is 6.10 Å². The monoisotopic (exact) mass is 404 g/mol. The van der Waals surface area contributed by atoms with Crippen molar-refractivity contribution in [1.29, 1.82) is 5.26 Å². The summed E-state index contributed by atoms with van der Waals surface area (Å²) in [7, 11) is 3.37. The third-order valence-corrected chi connectivity index (χ3v) is 6.84. The quantitative estimate of drug-likeness (QED) is 0.796. The van der Waals surface area contributed by atoms with E-state index in [1.165, 1.54) is 5.06 Å². The van der Waals surface area contributed by atoms with Crippen LogP contribution < -0.4 is 5.73 Å². The van der Waals surface area contributed by atoms with Crippen molar-refractivity contribution in [2.75, 3.05) is 14.2 Å². The number of aliphatic hydroxyl groups excluding tert-OH is 1. The molecule has 1 aliphatic heterocycles. The molecule has 1 saturated carbocycles. The molecule has 0 saturated heterocycles. The van der Waals surface area contributed by atoms with Crippen LogP contribution in [0.5, 0.6) is 0 Å². The van der Waals surface area contributed by atoms with E-state index < -0.39 is 17.2 Å². The van der Waals surface area contributed by atoms with E-state index >= 15 is 0 Å². The van der Waals surface area contributed by atoms with Gasteiger partial charge in [-0.25, -0.2) is 14.9 Å². The molecule has 0 radical (unpaired) electrons. The molecule has 154 valence electrons. The number of methoxy groups -OCH3 is 1. The van der Waals surface area contributed by atoms with Gasteiger partial charge in [-0.15, -0.1) is 0 Å². The summed E-state index contributed by atoms with van der Waals surface area (Å²) in [6, 6.07) is 16.0. The number of nitrogens with zero attached hydrogens (tertiary/aromatic N) is 3. The van der Waals surface area contributed by atoms with Crippen molar-refractivity contribution >= 4 is 5.96 Å². The largest absolute Gasteiger partial charge is 0.390 e. The van der Waals surface area contributed by atoms with Crippen LogP contribution in [-0.4, -0.2) is 42.5 Å². The molecule has 2 aliphatic carbocycles. The number of nitriles is 1. The van der Waals surface area contributed by atoms with Crippen LogP contribution in [-0.2, 0) is 21.7 Å². The number of guanidine groups is 1. The minimum atomic E-state index is -1.00. The van der Waals surface area contributed by atoms with Gasteiger partial charge in [0.15, 0.2) is 0 Å². The molecule has 7 nitrogen and oxygen atoms in total. The van der Waals surface area contributed by atoms with Crippen molar-refractivity contribution in [1.82, 2.24) is 5.06 Å². The predicted molar refractivity (Wildman–Crippen MR) is 111 cm³/mol. The first-order valence-corrected chi connectivity index (χ1v) is 10.0. The molecule has 1 fully saturated rings. The van der Waals surface area contributed by atoms with Crippen molar-refractivity contribution < 1.29 is 14.7 Å². The molecular formula is C23H24N4O3. The van der Waals surface area contributed by atoms with Crippen LogP contribution in [0, 0.1) is 16.7 Å². The zero-order chi connectivity index (χ0) is 21.1. The van der Waals surface area contributed by atoms with E-state index in [1.807, 2.05) is 18.2 Å². The Kier molecular flexibility index (Phi) is 4.16. The summed E-state index contributed by atoms with van der Waals surface area (Å²) in [6.45, 7) is 0. The normalized spacial score (nSPS) is 31.9. The van der Waals surface area contributed by atoms with Crippen LogP contribution in [0.4, 0.5) is 0 Å². The van der Waals surface area contributed by atoms with E-state index in [1.54, 1.807) is 20.2 Å². The average molecular weight is 404 g/mol. The van der Waals surface area contributed by atoms with Crippen LogP contribution in [0.1, 0.15) is 29.5 Å². The number of aliphatic imine (C=N–C) groups is 1. The zero-order valence-corrected chi connectivity index (χ0v) is 17.0. The van der Waals surface area contributed by atoms with Gasteiger partial charge in [0, 0.05) is 25.1 Å². The minimum absolute atomic E-state index is 0.270. The van der Waals surface area contributed by atoms with Gasteiger partial charge in [0.1, 0.15) is 0 Å². The van der Waals surface area contributed by atoms with Crippen LogP contribution in [0.15, 0.2) is 47.5 Å². The number of aliphatic hydroxyl groups is 1. The highest BCUT2D eigenvalue weighted by atomic mass is 16.7. The molecule has 2 spiro atoms. The summed E-state index contributed by atoms with van der Waals surface area (Å²) in [6.07, 6.45) is 1.02. The summed E-state index contributed by atoms with van der Waals surface area (Å²) < 4.78 is 5.55. The molecule has 2 aromatic rings. The lowest BCUT2D eigenvalue weighted by molar-refractivity contribution is -0.222. The summed E-state index contributed by atoms with van der Waals surface area (Å²) in [4.78, 5) is 11.2. The van der Waals surface area contributed by atoms with E-state index in [4.69, 9.17) is 20.3 Å². The zero-order valence-electron chi connectivity index (χ0n) is 17.0. The minimum Gasteiger partial charge on any atom is -0.390 e. The molecule has 0 amide bonds. The Morgan fingerprint density at radius 1 is 1.27 bits per heavy atom. The number of ether oxygens (including phenoxy) is 1. The van der Waals surface area contributed by atoms with Crippen molar-refractivity contribution in [3.63, 3.8) is 0 Å². The average Bonchev–Trinajstić information content (AvgIpc) is 3.33. The van der Waals surface area contributed by atoms with Gasteiger partial charge in [-0.3, -0.25) is 0 Å². The number of nitrogens with two attached hydrogens (primary N) is 1. The lowest BCUT2D eigenvalue weighted by atomic mass is 9.76. The lowest BCUT2D eigenvalue weighted by Gasteiger charge is -2.37. The van der Waals surface area contributed by atoms with Gasteiger partial charge in [-0.1, -0.05) is 24.3 Å². The Morgan fingerprint density at radius 2 is 2.07 bits per heavy atom. The first-order valence-electron chi connectivity index (χ1n) is 10.0. The molecule has 4 atom stereocenters. The Bertz CT molecular complexity index is 1090.